The van der Waals surface area contributed by atoms with Gasteiger partial charge < -0.3 is 59.3 Å². The molecule has 2 aromatic rings. The molecule has 0 radical (unpaired) electrons. The van der Waals surface area contributed by atoms with Crippen LogP contribution < -0.4 is 10.6 Å². The van der Waals surface area contributed by atoms with E-state index in [-0.39, 0.29) is 68.5 Å². The van der Waals surface area contributed by atoms with E-state index in [1.54, 1.807) is 42.4 Å². The number of carbonyl (C=O) groups is 4. The minimum Gasteiger partial charge on any atom is -0.447 e. The maximum absolute atomic E-state index is 14.0. The Morgan fingerprint density at radius 3 is 1.55 bits per heavy atom. The molecule has 2 aromatic carbocycles. The Morgan fingerprint density at radius 1 is 0.705 bits per heavy atom. The molecule has 520 valence electrons. The Hall–Kier alpha value is -6.03. The van der Waals surface area contributed by atoms with Gasteiger partial charge in [-0.25, -0.2) is 36.8 Å². The van der Waals surface area contributed by atoms with Crippen LogP contribution >= 0.6 is 0 Å². The lowest BCUT2D eigenvalue weighted by atomic mass is 9.43. The number of alkyl carbamates (subject to hydrolysis) is 2. The first-order valence-electron chi connectivity index (χ1n) is 33.6. The van der Waals surface area contributed by atoms with E-state index in [9.17, 15) is 46.8 Å². The zero-order chi connectivity index (χ0) is 70.0. The van der Waals surface area contributed by atoms with Crippen LogP contribution in [-0.2, 0) is 41.2 Å². The van der Waals surface area contributed by atoms with Crippen molar-refractivity contribution in [2.75, 3.05) is 52.5 Å². The van der Waals surface area contributed by atoms with Crippen molar-refractivity contribution >= 4 is 45.4 Å². The summed E-state index contributed by atoms with van der Waals surface area (Å²) in [4.78, 5) is 66.2. The number of amides is 4. The third kappa shape index (κ3) is 20.3. The number of aryl methyl sites for hydroxylation is 2. The van der Waals surface area contributed by atoms with Gasteiger partial charge in [-0.2, -0.15) is 0 Å². The van der Waals surface area contributed by atoms with Gasteiger partial charge in [0.15, 0.2) is 0 Å². The fourth-order valence-electron chi connectivity index (χ4n) is 14.4. The van der Waals surface area contributed by atoms with Crippen molar-refractivity contribution in [3.63, 3.8) is 0 Å². The van der Waals surface area contributed by atoms with E-state index >= 15 is 0 Å². The second-order valence-corrected chi connectivity index (χ2v) is 29.4. The first kappa shape index (κ1) is 76.3. The summed E-state index contributed by atoms with van der Waals surface area (Å²) in [6, 6.07) is 14.7. The number of alkyl halides is 4. The smallest absolute Gasteiger partial charge is 0.447 e. The van der Waals surface area contributed by atoms with E-state index in [4.69, 9.17) is 42.0 Å². The third-order valence-corrected chi connectivity index (χ3v) is 20.3. The van der Waals surface area contributed by atoms with Gasteiger partial charge in [-0.1, -0.05) is 99.5 Å². The molecule has 2 bridgehead atoms. The minimum absolute atomic E-state index is 0.0352. The first-order valence-corrected chi connectivity index (χ1v) is 33.6. The van der Waals surface area contributed by atoms with E-state index in [2.05, 4.69) is 41.1 Å². The van der Waals surface area contributed by atoms with Crippen molar-refractivity contribution in [3.05, 3.63) is 117 Å². The Kier molecular flexibility index (Phi) is 25.8. The van der Waals surface area contributed by atoms with Gasteiger partial charge in [0.1, 0.15) is 13.2 Å². The van der Waals surface area contributed by atoms with Crippen molar-refractivity contribution in [1.82, 2.24) is 30.2 Å². The average molecular weight is 1330 g/mol. The lowest BCUT2D eigenvalue weighted by Gasteiger charge is -2.64. The number of hydrogen-bond acceptors (Lipinski definition) is 14. The summed E-state index contributed by atoms with van der Waals surface area (Å²) in [5, 5.41) is 41.6. The molecule has 5 saturated heterocycles. The number of piperidine rings is 2. The molecule has 8 atom stereocenters. The number of nitrogens with zero attached hydrogens (tertiary/aromatic N) is 6. The maximum Gasteiger partial charge on any atom is 0.482 e. The molecule has 20 nitrogen and oxygen atoms in total. The fraction of sp³-hybridized carbons (Fsp3) is 0.676. The summed E-state index contributed by atoms with van der Waals surface area (Å²) >= 11 is 0. The van der Waals surface area contributed by atoms with Crippen LogP contribution in [0.4, 0.5) is 27.2 Å². The summed E-state index contributed by atoms with van der Waals surface area (Å²) in [5.41, 5.74) is 1.70. The Labute approximate surface area is 559 Å². The number of likely N-dealkylation sites (tertiary alicyclic amines) is 4. The molecule has 0 spiro atoms. The highest BCUT2D eigenvalue weighted by atomic mass is 19.3. The van der Waals surface area contributed by atoms with Crippen LogP contribution in [0.5, 0.6) is 0 Å². The van der Waals surface area contributed by atoms with Gasteiger partial charge in [0.25, 0.3) is 23.7 Å². The second-order valence-electron chi connectivity index (χ2n) is 29.4. The van der Waals surface area contributed by atoms with Crippen LogP contribution in [0.25, 0.3) is 9.69 Å². The Bertz CT molecular complexity index is 3110. The first-order chi connectivity index (χ1) is 44.5. The van der Waals surface area contributed by atoms with Crippen molar-refractivity contribution in [3.8, 4) is 0 Å². The van der Waals surface area contributed by atoms with Gasteiger partial charge in [-0.15, -0.1) is 0 Å². The topological polar surface area (TPSA) is 232 Å². The van der Waals surface area contributed by atoms with E-state index in [0.29, 0.717) is 56.4 Å². The van der Waals surface area contributed by atoms with E-state index in [1.807, 2.05) is 76.2 Å². The summed E-state index contributed by atoms with van der Waals surface area (Å²) in [7, 11) is -3.58. The number of benzene rings is 2. The molecule has 3 saturated carbocycles. The summed E-state index contributed by atoms with van der Waals surface area (Å²) in [6.07, 6.45) is 8.44. The predicted octanol–water partition coefficient (Wildman–Crippen LogP) is 9.27. The van der Waals surface area contributed by atoms with Crippen LogP contribution in [0.2, 0.25) is 6.32 Å². The highest BCUT2D eigenvalue weighted by molar-refractivity contribution is 6.48. The van der Waals surface area contributed by atoms with Gasteiger partial charge in [-0.3, -0.25) is 19.4 Å². The minimum atomic E-state index is -2.80. The molecule has 0 aromatic heterocycles. The van der Waals surface area contributed by atoms with E-state index in [0.717, 1.165) is 60.8 Å². The molecule has 3 aliphatic carbocycles. The normalized spacial score (nSPS) is 25.4. The van der Waals surface area contributed by atoms with Crippen molar-refractivity contribution in [2.45, 2.75) is 218 Å². The SMILES string of the molecule is CC(C)CB(O)O.[C-]#[N+]C(=CC(C)(C)N1CCC(F)(F)C1)C(=O)N1CCCC[C@@H]1COC(=O)N[C@@H](Cc1ccc(C)cc1)B(O)O.[C-]#[N+]C(=CC(C)(C)N1CCC(F)(F)C1)C(=O)N1CCCC[C@@H]1COC(=O)N[C@@H](Cc1ccc(C)cc1)B1O[C@@H]2C[C@@H]3C[C@@H](C3(C)C)[C@]2(C)O1. The van der Waals surface area contributed by atoms with Crippen molar-refractivity contribution in [1.29, 1.82) is 0 Å². The van der Waals surface area contributed by atoms with Crippen LogP contribution in [0.3, 0.4) is 0 Å². The van der Waals surface area contributed by atoms with E-state index < -0.39 is 111 Å². The molecule has 27 heteroatoms. The van der Waals surface area contributed by atoms with Crippen molar-refractivity contribution in [2.24, 2.45) is 23.2 Å². The fourth-order valence-corrected chi connectivity index (χ4v) is 14.4. The molecule has 8 fully saturated rings. The van der Waals surface area contributed by atoms with Gasteiger partial charge in [0, 0.05) is 50.1 Å². The number of ether oxygens (including phenoxy) is 2. The highest BCUT2D eigenvalue weighted by Gasteiger charge is 2.68. The van der Waals surface area contributed by atoms with Gasteiger partial charge >= 0.3 is 33.5 Å². The number of halogens is 4. The largest absolute Gasteiger partial charge is 0.482 e. The molecule has 4 amide bonds. The molecule has 95 heavy (non-hydrogen) atoms. The van der Waals surface area contributed by atoms with Gasteiger partial charge in [0.05, 0.1) is 61.9 Å². The molecule has 10 rings (SSSR count). The lowest BCUT2D eigenvalue weighted by Crippen LogP contribution is -2.65. The molecule has 5 aliphatic heterocycles. The number of carbonyl (C=O) groups excluding carboxylic acids is 4. The zero-order valence-electron chi connectivity index (χ0n) is 57.2. The van der Waals surface area contributed by atoms with Crippen LogP contribution in [0, 0.1) is 50.2 Å². The van der Waals surface area contributed by atoms with Crippen LogP contribution in [-0.4, -0.2) is 196 Å². The Morgan fingerprint density at radius 2 is 1.16 bits per heavy atom. The number of nitrogens with one attached hydrogen (secondary N) is 2. The van der Waals surface area contributed by atoms with E-state index in [1.165, 1.54) is 17.1 Å². The lowest BCUT2D eigenvalue weighted by molar-refractivity contribution is -0.199. The van der Waals surface area contributed by atoms with Crippen LogP contribution in [0.1, 0.15) is 149 Å². The highest BCUT2D eigenvalue weighted by Crippen LogP contribution is 2.66. The molecular weight excluding hydrogens is 1230 g/mol. The maximum atomic E-state index is 14.0. The van der Waals surface area contributed by atoms with Crippen LogP contribution in [0.15, 0.2) is 72.1 Å². The number of rotatable bonds is 20. The second kappa shape index (κ2) is 32.1. The molecule has 8 aliphatic rings. The monoisotopic (exact) mass is 1330 g/mol. The molecule has 0 unspecified atom stereocenters. The van der Waals surface area contributed by atoms with Crippen molar-refractivity contribution < 1.29 is 75.6 Å². The molecular formula is C68H99B3F4N8O12. The Balaban J connectivity index is 0.000000249. The standard InChI is InChI=1S/C37H51BF2N4O5.C27H37BF2N4O5.C4H11BO2/c1-24-11-13-25(14-12-24)18-31(38-48-30-20-26-19-29(35(26,4)5)36(30,6)49-38)42-33(46)47-22-27-10-8-9-16-44(27)32(45)28(41-7)21-34(2,3)43-17-15-37(39,40)23-43;1-19-8-10-20(11-9-19)15-23(28(37)38)32-25(36)39-17-21-7-5-6-13-34(21)24(35)22(31-4)16-26(2,3)33-14-12-27(29,30)18-33;1-4(2)3-5(6)7/h11-14,21,26-27,29-31H,8-10,15-20,22-23H2,1-6H3,(H,42,46);8-11,16,21,23,37-38H,5-7,12-15,17-18H2,1-3H3,(H,32,36);4,6-7H,3H2,1-2H3/t26-,27+,29-,30+,31-,36-;21-,23+;/m01./s1. The predicted molar refractivity (Wildman–Crippen MR) is 355 cm³/mol. The molecule has 6 N–H and O–H groups in total. The summed E-state index contributed by atoms with van der Waals surface area (Å²) in [6.45, 7) is 37.0. The third-order valence-electron chi connectivity index (χ3n) is 20.3. The summed E-state index contributed by atoms with van der Waals surface area (Å²) in [5.74, 6) is -6.72. The van der Waals surface area contributed by atoms with Gasteiger partial charge in [-0.05, 0) is 153 Å². The quantitative estimate of drug-likeness (QED) is 0.0314. The number of hydrogen-bond donors (Lipinski definition) is 6. The average Bonchev–Trinajstić information content (AvgIpc) is 1.66. The molecule has 5 heterocycles. The van der Waals surface area contributed by atoms with Gasteiger partial charge in [0.2, 0.25) is 11.4 Å². The summed E-state index contributed by atoms with van der Waals surface area (Å²) < 4.78 is 79.9. The zero-order valence-corrected chi connectivity index (χ0v) is 57.2.